The second kappa shape index (κ2) is 8.67. The van der Waals surface area contributed by atoms with E-state index < -0.39 is 5.82 Å². The fraction of sp³-hybridized carbons (Fsp3) is 0.304. The molecule has 6 nitrogen and oxygen atoms in total. The van der Waals surface area contributed by atoms with E-state index in [0.29, 0.717) is 0 Å². The molecule has 1 amide bonds. The van der Waals surface area contributed by atoms with Gasteiger partial charge in [-0.2, -0.15) is 0 Å². The molecule has 0 atom stereocenters. The Bertz CT molecular complexity index is 1060. The van der Waals surface area contributed by atoms with Crippen LogP contribution >= 0.6 is 0 Å². The molecule has 156 valence electrons. The zero-order chi connectivity index (χ0) is 21.1. The zero-order valence-electron chi connectivity index (χ0n) is 17.2. The molecule has 0 spiro atoms. The third kappa shape index (κ3) is 4.21. The summed E-state index contributed by atoms with van der Waals surface area (Å²) in [6.07, 6.45) is 0. The Balaban J connectivity index is 1.43. The number of amides is 1. The number of hydrogen-bond donors (Lipinski definition) is 1. The molecule has 3 aromatic rings. The maximum Gasteiger partial charge on any atom is 0.238 e. The molecule has 4 rings (SSSR count). The van der Waals surface area contributed by atoms with Crippen LogP contribution in [0.1, 0.15) is 5.69 Å². The number of piperazine rings is 1. The topological polar surface area (TPSA) is 57.7 Å². The minimum atomic E-state index is -0.425. The normalized spacial score (nSPS) is 14.7. The number of para-hydroxylation sites is 2. The van der Waals surface area contributed by atoms with Crippen molar-refractivity contribution >= 4 is 28.2 Å². The maximum absolute atomic E-state index is 13.7. The predicted octanol–water partition coefficient (Wildman–Crippen LogP) is 3.45. The minimum Gasteiger partial charge on any atom is -0.494 e. The van der Waals surface area contributed by atoms with Crippen molar-refractivity contribution in [3.8, 4) is 5.75 Å². The number of methoxy groups -OCH3 is 1. The third-order valence-electron chi connectivity index (χ3n) is 5.36. The molecule has 0 radical (unpaired) electrons. The molecular formula is C23H25FN4O2. The average molecular weight is 408 g/mol. The summed E-state index contributed by atoms with van der Waals surface area (Å²) in [6.45, 7) is 5.31. The summed E-state index contributed by atoms with van der Waals surface area (Å²) in [5.41, 5.74) is 3.15. The number of nitrogens with zero attached hydrogens (tertiary/aromatic N) is 3. The first-order chi connectivity index (χ1) is 14.5. The van der Waals surface area contributed by atoms with Crippen LogP contribution in [0.3, 0.4) is 0 Å². The lowest BCUT2D eigenvalue weighted by atomic mass is 10.1. The number of hydrogen-bond acceptors (Lipinski definition) is 5. The largest absolute Gasteiger partial charge is 0.494 e. The summed E-state index contributed by atoms with van der Waals surface area (Å²) < 4.78 is 19.2. The molecule has 30 heavy (non-hydrogen) atoms. The predicted molar refractivity (Wildman–Crippen MR) is 117 cm³/mol. The van der Waals surface area contributed by atoms with Crippen molar-refractivity contribution < 1.29 is 13.9 Å². The van der Waals surface area contributed by atoms with E-state index in [-0.39, 0.29) is 18.1 Å². The van der Waals surface area contributed by atoms with Crippen molar-refractivity contribution in [2.45, 2.75) is 6.92 Å². The third-order valence-corrected chi connectivity index (χ3v) is 5.36. The number of rotatable bonds is 5. The van der Waals surface area contributed by atoms with Crippen molar-refractivity contribution in [3.63, 3.8) is 0 Å². The van der Waals surface area contributed by atoms with E-state index in [0.717, 1.165) is 54.2 Å². The second-order valence-electron chi connectivity index (χ2n) is 7.43. The number of halogens is 1. The number of fused-ring (bicyclic) bond motifs is 1. The Kier molecular flexibility index (Phi) is 5.81. The average Bonchev–Trinajstić information content (AvgIpc) is 2.75. The van der Waals surface area contributed by atoms with Crippen molar-refractivity contribution in [2.75, 3.05) is 50.1 Å². The molecule has 1 aliphatic heterocycles. The summed E-state index contributed by atoms with van der Waals surface area (Å²) >= 11 is 0. The Morgan fingerprint density at radius 1 is 1.13 bits per heavy atom. The quantitative estimate of drug-likeness (QED) is 0.701. The van der Waals surface area contributed by atoms with E-state index in [2.05, 4.69) is 32.2 Å². The van der Waals surface area contributed by atoms with Gasteiger partial charge in [0.25, 0.3) is 0 Å². The number of pyridine rings is 1. The lowest BCUT2D eigenvalue weighted by molar-refractivity contribution is -0.117. The molecule has 1 aromatic heterocycles. The van der Waals surface area contributed by atoms with Crippen LogP contribution in [-0.4, -0.2) is 55.6 Å². The molecular weight excluding hydrogens is 383 g/mol. The van der Waals surface area contributed by atoms with E-state index in [1.165, 1.54) is 6.07 Å². The molecule has 1 saturated heterocycles. The number of aryl methyl sites for hydroxylation is 1. The Morgan fingerprint density at radius 2 is 1.90 bits per heavy atom. The molecule has 2 aromatic carbocycles. The number of anilines is 2. The molecule has 7 heteroatoms. The van der Waals surface area contributed by atoms with Crippen LogP contribution in [0.4, 0.5) is 15.8 Å². The fourth-order valence-corrected chi connectivity index (χ4v) is 3.86. The number of aromatic nitrogens is 1. The lowest BCUT2D eigenvalue weighted by Crippen LogP contribution is -2.48. The fourth-order valence-electron chi connectivity index (χ4n) is 3.86. The van der Waals surface area contributed by atoms with E-state index >= 15 is 0 Å². The molecule has 0 saturated carbocycles. The lowest BCUT2D eigenvalue weighted by Gasteiger charge is -2.36. The van der Waals surface area contributed by atoms with E-state index in [1.54, 1.807) is 25.3 Å². The Labute approximate surface area is 175 Å². The number of benzene rings is 2. The number of carbonyl (C=O) groups excluding carboxylic acids is 1. The van der Waals surface area contributed by atoms with Gasteiger partial charge in [0.1, 0.15) is 17.1 Å². The molecule has 1 N–H and O–H groups in total. The highest BCUT2D eigenvalue weighted by Gasteiger charge is 2.22. The number of carbonyl (C=O) groups is 1. The maximum atomic E-state index is 13.7. The van der Waals surface area contributed by atoms with Crippen molar-refractivity contribution in [2.24, 2.45) is 0 Å². The molecule has 2 heterocycles. The SMILES string of the molecule is COc1cccc2c(N3CCN(CC(=O)Nc4ccccc4F)CC3)cc(C)nc12. The van der Waals surface area contributed by atoms with Crippen LogP contribution < -0.4 is 15.0 Å². The monoisotopic (exact) mass is 408 g/mol. The van der Waals surface area contributed by atoms with Gasteiger partial charge >= 0.3 is 0 Å². The van der Waals surface area contributed by atoms with Gasteiger partial charge < -0.3 is 15.0 Å². The summed E-state index contributed by atoms with van der Waals surface area (Å²) in [7, 11) is 1.66. The van der Waals surface area contributed by atoms with Crippen LogP contribution in [-0.2, 0) is 4.79 Å². The Hall–Kier alpha value is -3.19. The summed E-state index contributed by atoms with van der Waals surface area (Å²) in [5.74, 6) is 0.135. The van der Waals surface area contributed by atoms with Gasteiger partial charge in [-0.3, -0.25) is 9.69 Å². The first-order valence-corrected chi connectivity index (χ1v) is 10.0. The highest BCUT2D eigenvalue weighted by Crippen LogP contribution is 2.32. The van der Waals surface area contributed by atoms with Crippen molar-refractivity contribution in [1.29, 1.82) is 0 Å². The summed E-state index contributed by atoms with van der Waals surface area (Å²) in [5, 5.41) is 3.71. The molecule has 0 unspecified atom stereocenters. The van der Waals surface area contributed by atoms with E-state index in [4.69, 9.17) is 4.74 Å². The van der Waals surface area contributed by atoms with Crippen molar-refractivity contribution in [3.05, 3.63) is 60.0 Å². The van der Waals surface area contributed by atoms with Crippen LogP contribution in [0.5, 0.6) is 5.75 Å². The highest BCUT2D eigenvalue weighted by molar-refractivity contribution is 5.95. The van der Waals surface area contributed by atoms with Gasteiger partial charge in [0.2, 0.25) is 5.91 Å². The first-order valence-electron chi connectivity index (χ1n) is 10.0. The van der Waals surface area contributed by atoms with Gasteiger partial charge in [-0.25, -0.2) is 9.37 Å². The van der Waals surface area contributed by atoms with Gasteiger partial charge in [-0.15, -0.1) is 0 Å². The molecule has 1 aliphatic rings. The van der Waals surface area contributed by atoms with E-state index in [1.807, 2.05) is 19.1 Å². The van der Waals surface area contributed by atoms with Gasteiger partial charge in [0.15, 0.2) is 0 Å². The van der Waals surface area contributed by atoms with Crippen LogP contribution in [0.25, 0.3) is 10.9 Å². The zero-order valence-corrected chi connectivity index (χ0v) is 17.2. The van der Waals surface area contributed by atoms with Gasteiger partial charge in [0, 0.05) is 42.9 Å². The number of ether oxygens (including phenoxy) is 1. The molecule has 0 aliphatic carbocycles. The minimum absolute atomic E-state index is 0.205. The van der Waals surface area contributed by atoms with E-state index in [9.17, 15) is 9.18 Å². The molecule has 0 bridgehead atoms. The highest BCUT2D eigenvalue weighted by atomic mass is 19.1. The van der Waals surface area contributed by atoms with Crippen LogP contribution in [0, 0.1) is 12.7 Å². The van der Waals surface area contributed by atoms with Crippen LogP contribution in [0.2, 0.25) is 0 Å². The first kappa shape index (κ1) is 20.1. The van der Waals surface area contributed by atoms with Crippen molar-refractivity contribution in [1.82, 2.24) is 9.88 Å². The van der Waals surface area contributed by atoms with Gasteiger partial charge in [-0.1, -0.05) is 24.3 Å². The smallest absolute Gasteiger partial charge is 0.238 e. The van der Waals surface area contributed by atoms with Gasteiger partial charge in [-0.05, 0) is 31.2 Å². The summed E-state index contributed by atoms with van der Waals surface area (Å²) in [4.78, 5) is 21.4. The molecule has 1 fully saturated rings. The number of nitrogens with one attached hydrogen (secondary N) is 1. The van der Waals surface area contributed by atoms with Crippen LogP contribution in [0.15, 0.2) is 48.5 Å². The standard InChI is InChI=1S/C23H25FN4O2/c1-16-14-20(17-6-5-9-21(30-2)23(17)25-16)28-12-10-27(11-13-28)15-22(29)26-19-8-4-3-7-18(19)24/h3-9,14H,10-13,15H2,1-2H3,(H,26,29). The second-order valence-corrected chi connectivity index (χ2v) is 7.43. The summed E-state index contributed by atoms with van der Waals surface area (Å²) in [6, 6.07) is 14.3. The Morgan fingerprint density at radius 3 is 2.63 bits per heavy atom. The van der Waals surface area contributed by atoms with Gasteiger partial charge in [0.05, 0.1) is 19.3 Å².